The predicted octanol–water partition coefficient (Wildman–Crippen LogP) is 2.24. The number of aliphatic hydroxyl groups excluding tert-OH is 1. The standard InChI is InChI=1S/C17H26O5/c1-5-20-16-17(4)8-11-10(3)15(19)21-13(11)6-9(2)12(17)7-14(18)22-16/h9,11-14,16,18H,3,5-8H2,1-2,4H3/t9-,11-,12+,13-,14+,16-,17+/m1/s1. The van der Waals surface area contributed by atoms with Crippen molar-refractivity contribution in [1.82, 2.24) is 0 Å². The third-order valence-electron chi connectivity index (χ3n) is 5.81. The fourth-order valence-corrected chi connectivity index (χ4v) is 4.67. The molecule has 0 unspecified atom stereocenters. The number of carbonyl (C=O) groups excluding carboxylic acids is 1. The van der Waals surface area contributed by atoms with Gasteiger partial charge < -0.3 is 19.3 Å². The average molecular weight is 310 g/mol. The summed E-state index contributed by atoms with van der Waals surface area (Å²) in [4.78, 5) is 11.9. The van der Waals surface area contributed by atoms with Gasteiger partial charge >= 0.3 is 5.97 Å². The summed E-state index contributed by atoms with van der Waals surface area (Å²) in [5, 5.41) is 10.1. The van der Waals surface area contributed by atoms with Gasteiger partial charge in [-0.2, -0.15) is 0 Å². The molecule has 3 rings (SSSR count). The van der Waals surface area contributed by atoms with E-state index >= 15 is 0 Å². The highest BCUT2D eigenvalue weighted by atomic mass is 16.7. The zero-order valence-electron chi connectivity index (χ0n) is 13.6. The highest BCUT2D eigenvalue weighted by molar-refractivity contribution is 5.90. The van der Waals surface area contributed by atoms with E-state index in [1.807, 2.05) is 6.92 Å². The lowest BCUT2D eigenvalue weighted by atomic mass is 9.65. The normalized spacial score (nSPS) is 48.4. The van der Waals surface area contributed by atoms with Crippen molar-refractivity contribution >= 4 is 5.97 Å². The molecule has 1 N–H and O–H groups in total. The number of hydrogen-bond acceptors (Lipinski definition) is 5. The van der Waals surface area contributed by atoms with Crippen LogP contribution in [0.4, 0.5) is 0 Å². The Bertz CT molecular complexity index is 476. The molecule has 5 nitrogen and oxygen atoms in total. The number of fused-ring (bicyclic) bond motifs is 2. The Hall–Kier alpha value is -0.910. The van der Waals surface area contributed by atoms with Crippen molar-refractivity contribution in [2.24, 2.45) is 23.2 Å². The van der Waals surface area contributed by atoms with E-state index in [1.165, 1.54) is 0 Å². The number of ether oxygens (including phenoxy) is 3. The molecule has 0 aromatic rings. The summed E-state index contributed by atoms with van der Waals surface area (Å²) in [6.07, 6.45) is 0.797. The topological polar surface area (TPSA) is 65.0 Å². The minimum Gasteiger partial charge on any atom is -0.458 e. The number of carbonyl (C=O) groups is 1. The maximum Gasteiger partial charge on any atom is 0.334 e. The lowest BCUT2D eigenvalue weighted by molar-refractivity contribution is -0.318. The second kappa shape index (κ2) is 5.62. The minimum absolute atomic E-state index is 0.0201. The van der Waals surface area contributed by atoms with E-state index in [-0.39, 0.29) is 29.3 Å². The van der Waals surface area contributed by atoms with Gasteiger partial charge in [-0.3, -0.25) is 0 Å². The molecule has 124 valence electrons. The smallest absolute Gasteiger partial charge is 0.334 e. The van der Waals surface area contributed by atoms with Crippen LogP contribution in [-0.4, -0.2) is 36.4 Å². The first-order valence-corrected chi connectivity index (χ1v) is 8.21. The van der Waals surface area contributed by atoms with Crippen LogP contribution in [0, 0.1) is 23.2 Å². The summed E-state index contributed by atoms with van der Waals surface area (Å²) < 4.78 is 17.0. The lowest BCUT2D eigenvalue weighted by Crippen LogP contribution is -2.52. The quantitative estimate of drug-likeness (QED) is 0.626. The van der Waals surface area contributed by atoms with Crippen molar-refractivity contribution in [2.75, 3.05) is 6.61 Å². The van der Waals surface area contributed by atoms with E-state index < -0.39 is 12.6 Å². The summed E-state index contributed by atoms with van der Waals surface area (Å²) in [6, 6.07) is 0. The van der Waals surface area contributed by atoms with Crippen LogP contribution < -0.4 is 0 Å². The van der Waals surface area contributed by atoms with Gasteiger partial charge in [0.1, 0.15) is 6.10 Å². The monoisotopic (exact) mass is 310 g/mol. The molecule has 2 saturated heterocycles. The van der Waals surface area contributed by atoms with Gasteiger partial charge in [0.2, 0.25) is 0 Å². The van der Waals surface area contributed by atoms with Gasteiger partial charge in [-0.1, -0.05) is 20.4 Å². The molecule has 0 radical (unpaired) electrons. The fourth-order valence-electron chi connectivity index (χ4n) is 4.67. The van der Waals surface area contributed by atoms with Crippen molar-refractivity contribution in [3.63, 3.8) is 0 Å². The van der Waals surface area contributed by atoms with Crippen LogP contribution in [0.1, 0.15) is 40.0 Å². The van der Waals surface area contributed by atoms with Crippen molar-refractivity contribution < 1.29 is 24.1 Å². The van der Waals surface area contributed by atoms with Crippen LogP contribution in [0.5, 0.6) is 0 Å². The Morgan fingerprint density at radius 3 is 2.86 bits per heavy atom. The fraction of sp³-hybridized carbons (Fsp3) is 0.824. The molecule has 7 atom stereocenters. The summed E-state index contributed by atoms with van der Waals surface area (Å²) in [5.74, 6) is 0.339. The molecule has 2 heterocycles. The molecule has 0 aromatic carbocycles. The number of esters is 1. The third-order valence-corrected chi connectivity index (χ3v) is 5.81. The molecule has 3 aliphatic rings. The second-order valence-corrected chi connectivity index (χ2v) is 7.22. The lowest BCUT2D eigenvalue weighted by Gasteiger charge is -2.49. The van der Waals surface area contributed by atoms with Gasteiger partial charge in [0, 0.05) is 29.9 Å². The Morgan fingerprint density at radius 1 is 1.45 bits per heavy atom. The summed E-state index contributed by atoms with van der Waals surface area (Å²) in [6.45, 7) is 10.7. The molecule has 1 saturated carbocycles. The van der Waals surface area contributed by atoms with Crippen molar-refractivity contribution in [3.8, 4) is 0 Å². The van der Waals surface area contributed by atoms with Gasteiger partial charge in [-0.25, -0.2) is 4.79 Å². The van der Waals surface area contributed by atoms with Crippen molar-refractivity contribution in [2.45, 2.75) is 58.7 Å². The zero-order valence-corrected chi connectivity index (χ0v) is 13.6. The van der Waals surface area contributed by atoms with Crippen LogP contribution in [0.25, 0.3) is 0 Å². The maximum atomic E-state index is 11.9. The van der Waals surface area contributed by atoms with Crippen molar-refractivity contribution in [3.05, 3.63) is 12.2 Å². The molecule has 0 amide bonds. The highest BCUT2D eigenvalue weighted by Gasteiger charge is 2.56. The predicted molar refractivity (Wildman–Crippen MR) is 79.6 cm³/mol. The second-order valence-electron chi connectivity index (χ2n) is 7.22. The Kier molecular flexibility index (Phi) is 4.08. The molecule has 5 heteroatoms. The minimum atomic E-state index is -0.791. The number of rotatable bonds is 2. The first-order chi connectivity index (χ1) is 10.4. The Morgan fingerprint density at radius 2 is 2.18 bits per heavy atom. The molecule has 0 bridgehead atoms. The molecule has 0 aromatic heterocycles. The summed E-state index contributed by atoms with van der Waals surface area (Å²) in [7, 11) is 0. The van der Waals surface area contributed by atoms with Crippen LogP contribution in [0.2, 0.25) is 0 Å². The van der Waals surface area contributed by atoms with Crippen LogP contribution in [0.3, 0.4) is 0 Å². The third kappa shape index (κ3) is 2.39. The Balaban J connectivity index is 1.95. The summed E-state index contributed by atoms with van der Waals surface area (Å²) >= 11 is 0. The van der Waals surface area contributed by atoms with E-state index in [1.54, 1.807) is 0 Å². The largest absolute Gasteiger partial charge is 0.458 e. The van der Waals surface area contributed by atoms with Gasteiger partial charge in [0.25, 0.3) is 0 Å². The molecular weight excluding hydrogens is 284 g/mol. The van der Waals surface area contributed by atoms with E-state index in [0.717, 1.165) is 12.8 Å². The van der Waals surface area contributed by atoms with Crippen LogP contribution >= 0.6 is 0 Å². The Labute approximate surface area is 131 Å². The zero-order chi connectivity index (χ0) is 16.1. The van der Waals surface area contributed by atoms with E-state index in [2.05, 4.69) is 20.4 Å². The van der Waals surface area contributed by atoms with E-state index in [9.17, 15) is 9.90 Å². The first kappa shape index (κ1) is 16.0. The van der Waals surface area contributed by atoms with Crippen molar-refractivity contribution in [1.29, 1.82) is 0 Å². The van der Waals surface area contributed by atoms with Crippen LogP contribution in [0.15, 0.2) is 12.2 Å². The average Bonchev–Trinajstić information content (AvgIpc) is 2.64. The van der Waals surface area contributed by atoms with Gasteiger partial charge in [0.05, 0.1) is 0 Å². The molecule has 22 heavy (non-hydrogen) atoms. The molecule has 0 spiro atoms. The molecule has 2 aliphatic heterocycles. The van der Waals surface area contributed by atoms with Gasteiger partial charge in [-0.15, -0.1) is 0 Å². The number of hydrogen-bond donors (Lipinski definition) is 1. The van der Waals surface area contributed by atoms with E-state index in [4.69, 9.17) is 14.2 Å². The molecular formula is C17H26O5. The SMILES string of the molecule is C=C1C(=O)O[C@@H]2C[C@@H](C)[C@@H]3C[C@@H](O)O[C@@H](OCC)[C@@]3(C)C[C@H]12. The highest BCUT2D eigenvalue weighted by Crippen LogP contribution is 2.55. The summed E-state index contributed by atoms with van der Waals surface area (Å²) in [5.41, 5.74) is 0.311. The maximum absolute atomic E-state index is 11.9. The van der Waals surface area contributed by atoms with Crippen LogP contribution in [-0.2, 0) is 19.0 Å². The number of aliphatic hydroxyl groups is 1. The van der Waals surface area contributed by atoms with Gasteiger partial charge in [0.15, 0.2) is 12.6 Å². The first-order valence-electron chi connectivity index (χ1n) is 8.21. The molecule has 1 aliphatic carbocycles. The molecule has 3 fully saturated rings. The van der Waals surface area contributed by atoms with E-state index in [0.29, 0.717) is 24.5 Å². The van der Waals surface area contributed by atoms with Gasteiger partial charge in [-0.05, 0) is 31.6 Å².